The Labute approximate surface area is 162 Å². The van der Waals surface area contributed by atoms with Gasteiger partial charge in [0.15, 0.2) is 6.61 Å². The molecule has 0 aromatic heterocycles. The molecular formula is C17H13ClF2N2O6. The van der Waals surface area contributed by atoms with Gasteiger partial charge in [-0.1, -0.05) is 23.7 Å². The van der Waals surface area contributed by atoms with E-state index in [2.05, 4.69) is 10.1 Å². The Balaban J connectivity index is 1.86. The van der Waals surface area contributed by atoms with Crippen LogP contribution in [0.1, 0.15) is 5.56 Å². The van der Waals surface area contributed by atoms with E-state index in [1.165, 1.54) is 36.4 Å². The highest BCUT2D eigenvalue weighted by Gasteiger charge is 2.17. The summed E-state index contributed by atoms with van der Waals surface area (Å²) in [5.74, 6) is -1.58. The quantitative estimate of drug-likeness (QED) is 0.402. The summed E-state index contributed by atoms with van der Waals surface area (Å²) in [5.41, 5.74) is -0.0382. The molecule has 0 aliphatic carbocycles. The number of nitro benzene ring substituents is 1. The number of carbonyl (C=O) groups excluding carboxylic acids is 2. The molecule has 8 nitrogen and oxygen atoms in total. The van der Waals surface area contributed by atoms with Crippen molar-refractivity contribution in [1.82, 2.24) is 0 Å². The minimum absolute atomic E-state index is 0.0592. The van der Waals surface area contributed by atoms with Crippen LogP contribution in [0.5, 0.6) is 5.75 Å². The minimum Gasteiger partial charge on any atom is -0.455 e. The van der Waals surface area contributed by atoms with Gasteiger partial charge in [0, 0.05) is 11.1 Å². The van der Waals surface area contributed by atoms with Gasteiger partial charge in [0.05, 0.1) is 11.3 Å². The standard InChI is InChI=1S/C17H13ClF2N2O6/c18-11-3-6-13(14(8-11)22(25)26)21-15(23)9-27-16(24)7-10-1-4-12(5-2-10)28-17(19)20/h1-6,8,17H,7,9H2,(H,21,23). The van der Waals surface area contributed by atoms with Gasteiger partial charge in [0.25, 0.3) is 11.6 Å². The molecule has 0 unspecified atom stereocenters. The molecule has 11 heteroatoms. The van der Waals surface area contributed by atoms with Crippen LogP contribution in [0.4, 0.5) is 20.2 Å². The number of hydrogen-bond acceptors (Lipinski definition) is 6. The number of esters is 1. The Bertz CT molecular complexity index is 876. The zero-order chi connectivity index (χ0) is 20.7. The second-order valence-electron chi connectivity index (χ2n) is 5.33. The van der Waals surface area contributed by atoms with Gasteiger partial charge in [-0.05, 0) is 29.8 Å². The molecule has 0 saturated heterocycles. The lowest BCUT2D eigenvalue weighted by atomic mass is 10.1. The highest BCUT2D eigenvalue weighted by atomic mass is 35.5. The summed E-state index contributed by atoms with van der Waals surface area (Å²) in [7, 11) is 0. The van der Waals surface area contributed by atoms with Crippen LogP contribution in [0, 0.1) is 10.1 Å². The summed E-state index contributed by atoms with van der Waals surface area (Å²) in [6.07, 6.45) is -0.205. The van der Waals surface area contributed by atoms with E-state index in [1.54, 1.807) is 0 Å². The summed E-state index contributed by atoms with van der Waals surface area (Å²) in [4.78, 5) is 33.9. The predicted molar refractivity (Wildman–Crippen MR) is 94.5 cm³/mol. The van der Waals surface area contributed by atoms with Crippen molar-refractivity contribution in [3.63, 3.8) is 0 Å². The molecule has 0 saturated carbocycles. The number of nitrogens with one attached hydrogen (secondary N) is 1. The lowest BCUT2D eigenvalue weighted by Crippen LogP contribution is -2.22. The predicted octanol–water partition coefficient (Wildman–Crippen LogP) is 3.57. The topological polar surface area (TPSA) is 108 Å². The zero-order valence-electron chi connectivity index (χ0n) is 14.1. The number of anilines is 1. The molecule has 0 heterocycles. The molecule has 2 aromatic carbocycles. The molecule has 0 fully saturated rings. The largest absolute Gasteiger partial charge is 0.455 e. The molecule has 148 valence electrons. The zero-order valence-corrected chi connectivity index (χ0v) is 14.8. The molecule has 1 amide bonds. The van der Waals surface area contributed by atoms with Gasteiger partial charge in [-0.2, -0.15) is 8.78 Å². The first-order valence-corrected chi connectivity index (χ1v) is 8.05. The fourth-order valence-corrected chi connectivity index (χ4v) is 2.27. The first-order chi connectivity index (χ1) is 13.2. The molecule has 0 radical (unpaired) electrons. The number of alkyl halides is 2. The summed E-state index contributed by atoms with van der Waals surface area (Å²) in [6, 6.07) is 9.01. The van der Waals surface area contributed by atoms with Gasteiger partial charge in [-0.15, -0.1) is 0 Å². The van der Waals surface area contributed by atoms with Crippen molar-refractivity contribution < 1.29 is 32.8 Å². The number of nitrogens with zero attached hydrogens (tertiary/aromatic N) is 1. The van der Waals surface area contributed by atoms with Gasteiger partial charge in [0.2, 0.25) is 0 Å². The fraction of sp³-hybridized carbons (Fsp3) is 0.176. The summed E-state index contributed by atoms with van der Waals surface area (Å²) in [5, 5.41) is 13.4. The van der Waals surface area contributed by atoms with E-state index in [0.717, 1.165) is 6.07 Å². The van der Waals surface area contributed by atoms with Crippen LogP contribution in [0.2, 0.25) is 5.02 Å². The Morgan fingerprint density at radius 2 is 1.86 bits per heavy atom. The van der Waals surface area contributed by atoms with Crippen LogP contribution in [-0.2, 0) is 20.7 Å². The van der Waals surface area contributed by atoms with E-state index < -0.39 is 35.7 Å². The minimum atomic E-state index is -2.95. The number of rotatable bonds is 8. The normalized spacial score (nSPS) is 10.4. The molecule has 0 spiro atoms. The maximum absolute atomic E-state index is 12.1. The maximum atomic E-state index is 12.1. The average molecular weight is 415 g/mol. The smallest absolute Gasteiger partial charge is 0.387 e. The van der Waals surface area contributed by atoms with E-state index in [1.807, 2.05) is 0 Å². The molecule has 0 aliphatic rings. The van der Waals surface area contributed by atoms with E-state index in [9.17, 15) is 28.5 Å². The lowest BCUT2D eigenvalue weighted by Gasteiger charge is -2.08. The van der Waals surface area contributed by atoms with Crippen molar-refractivity contribution in [2.45, 2.75) is 13.0 Å². The van der Waals surface area contributed by atoms with Crippen molar-refractivity contribution in [3.8, 4) is 5.75 Å². The summed E-state index contributed by atoms with van der Waals surface area (Å²) >= 11 is 5.68. The average Bonchev–Trinajstić information content (AvgIpc) is 2.62. The second kappa shape index (κ2) is 9.60. The van der Waals surface area contributed by atoms with E-state index >= 15 is 0 Å². The van der Waals surface area contributed by atoms with Gasteiger partial charge < -0.3 is 14.8 Å². The number of benzene rings is 2. The molecule has 0 bridgehead atoms. The molecule has 1 N–H and O–H groups in total. The summed E-state index contributed by atoms with van der Waals surface area (Å²) in [6.45, 7) is -3.61. The number of halogens is 3. The fourth-order valence-electron chi connectivity index (χ4n) is 2.10. The van der Waals surface area contributed by atoms with Crippen LogP contribution in [0.15, 0.2) is 42.5 Å². The Morgan fingerprint density at radius 3 is 2.46 bits per heavy atom. The molecule has 2 aromatic rings. The molecular weight excluding hydrogens is 402 g/mol. The number of hydrogen-bond donors (Lipinski definition) is 1. The van der Waals surface area contributed by atoms with Crippen LogP contribution in [0.3, 0.4) is 0 Å². The lowest BCUT2D eigenvalue weighted by molar-refractivity contribution is -0.383. The Kier molecular flexibility index (Phi) is 7.21. The third kappa shape index (κ3) is 6.47. The van der Waals surface area contributed by atoms with Crippen LogP contribution >= 0.6 is 11.6 Å². The van der Waals surface area contributed by atoms with Crippen LogP contribution in [0.25, 0.3) is 0 Å². The highest BCUT2D eigenvalue weighted by molar-refractivity contribution is 6.31. The number of ether oxygens (including phenoxy) is 2. The van der Waals surface area contributed by atoms with Gasteiger partial charge >= 0.3 is 12.6 Å². The first-order valence-electron chi connectivity index (χ1n) is 7.68. The maximum Gasteiger partial charge on any atom is 0.387 e. The SMILES string of the molecule is O=C(COC(=O)Cc1ccc(OC(F)F)cc1)Nc1ccc(Cl)cc1[N+](=O)[O-]. The molecule has 0 aliphatic heterocycles. The molecule has 2 rings (SSSR count). The van der Waals surface area contributed by atoms with Crippen LogP contribution < -0.4 is 10.1 Å². The van der Waals surface area contributed by atoms with Gasteiger partial charge in [0.1, 0.15) is 11.4 Å². The Morgan fingerprint density at radius 1 is 1.18 bits per heavy atom. The van der Waals surface area contributed by atoms with E-state index in [4.69, 9.17) is 16.3 Å². The molecule has 0 atom stereocenters. The van der Waals surface area contributed by atoms with Gasteiger partial charge in [-0.25, -0.2) is 0 Å². The third-order valence-electron chi connectivity index (χ3n) is 3.29. The monoisotopic (exact) mass is 414 g/mol. The number of amides is 1. The molecule has 28 heavy (non-hydrogen) atoms. The van der Waals surface area contributed by atoms with E-state index in [-0.39, 0.29) is 22.9 Å². The van der Waals surface area contributed by atoms with Crippen LogP contribution in [-0.4, -0.2) is 30.0 Å². The Hall–Kier alpha value is -3.27. The van der Waals surface area contributed by atoms with E-state index in [0.29, 0.717) is 5.56 Å². The van der Waals surface area contributed by atoms with Crippen molar-refractivity contribution in [2.75, 3.05) is 11.9 Å². The van der Waals surface area contributed by atoms with Crippen molar-refractivity contribution >= 4 is 34.9 Å². The number of nitro groups is 1. The first kappa shape index (κ1) is 21.0. The highest BCUT2D eigenvalue weighted by Crippen LogP contribution is 2.27. The third-order valence-corrected chi connectivity index (χ3v) is 3.53. The number of carbonyl (C=O) groups is 2. The summed E-state index contributed by atoms with van der Waals surface area (Å²) < 4.78 is 33.1. The second-order valence-corrected chi connectivity index (χ2v) is 5.76. The van der Waals surface area contributed by atoms with Crippen molar-refractivity contribution in [1.29, 1.82) is 0 Å². The van der Waals surface area contributed by atoms with Crippen molar-refractivity contribution in [3.05, 3.63) is 63.2 Å². The van der Waals surface area contributed by atoms with Crippen molar-refractivity contribution in [2.24, 2.45) is 0 Å². The van der Waals surface area contributed by atoms with Gasteiger partial charge in [-0.3, -0.25) is 19.7 Å².